The van der Waals surface area contributed by atoms with E-state index in [-0.39, 0.29) is 24.1 Å². The number of esters is 1. The van der Waals surface area contributed by atoms with Crippen LogP contribution in [0.1, 0.15) is 6.92 Å². The van der Waals surface area contributed by atoms with Crippen LogP contribution < -0.4 is 14.8 Å². The highest BCUT2D eigenvalue weighted by atomic mass is 16.6. The zero-order valence-electron chi connectivity index (χ0n) is 13.7. The predicted octanol–water partition coefficient (Wildman–Crippen LogP) is 2.77. The summed E-state index contributed by atoms with van der Waals surface area (Å²) in [7, 11) is 1.47. The molecule has 1 aromatic heterocycles. The number of hydrogen-bond acceptors (Lipinski definition) is 8. The summed E-state index contributed by atoms with van der Waals surface area (Å²) in [5.41, 5.74) is 0.520. The Morgan fingerprint density at radius 2 is 2.08 bits per heavy atom. The van der Waals surface area contributed by atoms with Gasteiger partial charge in [0, 0.05) is 23.9 Å². The van der Waals surface area contributed by atoms with Crippen LogP contribution >= 0.6 is 0 Å². The van der Waals surface area contributed by atoms with Crippen molar-refractivity contribution in [3.05, 3.63) is 46.6 Å². The van der Waals surface area contributed by atoms with Gasteiger partial charge in [0.15, 0.2) is 11.5 Å². The molecule has 132 valence electrons. The fourth-order valence-corrected chi connectivity index (χ4v) is 1.90. The van der Waals surface area contributed by atoms with E-state index in [9.17, 15) is 14.9 Å². The minimum Gasteiger partial charge on any atom is -0.493 e. The number of nitro groups is 1. The van der Waals surface area contributed by atoms with Gasteiger partial charge in [-0.15, -0.1) is 0 Å². The van der Waals surface area contributed by atoms with Crippen LogP contribution in [0.25, 0.3) is 0 Å². The van der Waals surface area contributed by atoms with Gasteiger partial charge in [-0.1, -0.05) is 0 Å². The quantitative estimate of drug-likeness (QED) is 0.440. The Kier molecular flexibility index (Phi) is 6.10. The van der Waals surface area contributed by atoms with E-state index in [2.05, 4.69) is 10.3 Å². The topological polar surface area (TPSA) is 113 Å². The molecule has 0 fully saturated rings. The SMILES string of the molecule is CCOC(=O)CNc1ccc(Oc2ccc([N+](=O)[O-])cn2)c(OC)c1. The van der Waals surface area contributed by atoms with Crippen molar-refractivity contribution in [1.82, 2.24) is 4.98 Å². The van der Waals surface area contributed by atoms with E-state index in [1.54, 1.807) is 25.1 Å². The molecule has 1 aromatic carbocycles. The van der Waals surface area contributed by atoms with Gasteiger partial charge in [0.25, 0.3) is 5.69 Å². The zero-order valence-corrected chi connectivity index (χ0v) is 13.7. The van der Waals surface area contributed by atoms with Crippen LogP contribution in [-0.4, -0.2) is 36.1 Å². The molecule has 0 spiro atoms. The summed E-state index contributed by atoms with van der Waals surface area (Å²) < 4.78 is 15.7. The third-order valence-electron chi connectivity index (χ3n) is 3.05. The lowest BCUT2D eigenvalue weighted by Gasteiger charge is -2.12. The second kappa shape index (κ2) is 8.48. The molecule has 0 atom stereocenters. The Balaban J connectivity index is 2.08. The maximum atomic E-state index is 11.4. The monoisotopic (exact) mass is 347 g/mol. The van der Waals surface area contributed by atoms with Crippen molar-refractivity contribution < 1.29 is 23.9 Å². The smallest absolute Gasteiger partial charge is 0.325 e. The first kappa shape index (κ1) is 18.0. The van der Waals surface area contributed by atoms with Gasteiger partial charge >= 0.3 is 5.97 Å². The molecule has 9 nitrogen and oxygen atoms in total. The molecule has 0 amide bonds. The first-order valence-electron chi connectivity index (χ1n) is 7.39. The molecule has 25 heavy (non-hydrogen) atoms. The van der Waals surface area contributed by atoms with Gasteiger partial charge in [-0.25, -0.2) is 4.98 Å². The average Bonchev–Trinajstić information content (AvgIpc) is 2.61. The number of carbonyl (C=O) groups is 1. The highest BCUT2D eigenvalue weighted by Crippen LogP contribution is 2.33. The Labute approximate surface area is 143 Å². The zero-order chi connectivity index (χ0) is 18.2. The van der Waals surface area contributed by atoms with Crippen LogP contribution in [0.15, 0.2) is 36.5 Å². The molecule has 0 saturated heterocycles. The van der Waals surface area contributed by atoms with Crippen molar-refractivity contribution in [3.63, 3.8) is 0 Å². The summed E-state index contributed by atoms with van der Waals surface area (Å²) >= 11 is 0. The van der Waals surface area contributed by atoms with Crippen LogP contribution in [0.2, 0.25) is 0 Å². The Hall–Kier alpha value is -3.36. The van der Waals surface area contributed by atoms with Gasteiger partial charge in [-0.2, -0.15) is 0 Å². The van der Waals surface area contributed by atoms with Gasteiger partial charge in [-0.3, -0.25) is 14.9 Å². The van der Waals surface area contributed by atoms with E-state index < -0.39 is 4.92 Å². The molecule has 2 rings (SSSR count). The normalized spacial score (nSPS) is 10.0. The van der Waals surface area contributed by atoms with Crippen molar-refractivity contribution in [2.24, 2.45) is 0 Å². The van der Waals surface area contributed by atoms with E-state index in [0.717, 1.165) is 6.20 Å². The molecule has 0 aliphatic heterocycles. The summed E-state index contributed by atoms with van der Waals surface area (Å²) in [4.78, 5) is 25.3. The number of hydrogen-bond donors (Lipinski definition) is 1. The summed E-state index contributed by atoms with van der Waals surface area (Å²) in [5, 5.41) is 13.5. The van der Waals surface area contributed by atoms with Crippen molar-refractivity contribution in [3.8, 4) is 17.4 Å². The Morgan fingerprint density at radius 3 is 2.68 bits per heavy atom. The molecule has 0 saturated carbocycles. The Morgan fingerprint density at radius 1 is 1.28 bits per heavy atom. The number of rotatable bonds is 8. The second-order valence-corrected chi connectivity index (χ2v) is 4.74. The highest BCUT2D eigenvalue weighted by Gasteiger charge is 2.11. The maximum absolute atomic E-state index is 11.4. The van der Waals surface area contributed by atoms with Crippen molar-refractivity contribution >= 4 is 17.3 Å². The molecular weight excluding hydrogens is 330 g/mol. The number of ether oxygens (including phenoxy) is 3. The standard InChI is InChI=1S/C16H17N3O6/c1-3-24-16(20)10-17-11-4-6-13(14(8-11)23-2)25-15-7-5-12(9-18-15)19(21)22/h4-9,17H,3,10H2,1-2H3. The van der Waals surface area contributed by atoms with E-state index in [0.29, 0.717) is 23.8 Å². The third-order valence-corrected chi connectivity index (χ3v) is 3.05. The van der Waals surface area contributed by atoms with E-state index >= 15 is 0 Å². The lowest BCUT2D eigenvalue weighted by molar-refractivity contribution is -0.385. The summed E-state index contributed by atoms with van der Waals surface area (Å²) in [6.45, 7) is 2.08. The maximum Gasteiger partial charge on any atom is 0.325 e. The van der Waals surface area contributed by atoms with Crippen molar-refractivity contribution in [2.75, 3.05) is 25.6 Å². The fraction of sp³-hybridized carbons (Fsp3) is 0.250. The highest BCUT2D eigenvalue weighted by molar-refractivity contribution is 5.75. The molecule has 1 N–H and O–H groups in total. The number of anilines is 1. The lowest BCUT2D eigenvalue weighted by atomic mass is 10.2. The van der Waals surface area contributed by atoms with Gasteiger partial charge in [-0.05, 0) is 19.1 Å². The number of aromatic nitrogens is 1. The molecule has 0 aliphatic carbocycles. The molecule has 0 aliphatic rings. The number of pyridine rings is 1. The molecule has 0 radical (unpaired) electrons. The Bertz CT molecular complexity index is 748. The largest absolute Gasteiger partial charge is 0.493 e. The summed E-state index contributed by atoms with van der Waals surface area (Å²) in [5.74, 6) is 0.618. The molecule has 2 aromatic rings. The average molecular weight is 347 g/mol. The number of benzene rings is 1. The summed E-state index contributed by atoms with van der Waals surface area (Å²) in [6.07, 6.45) is 1.11. The number of methoxy groups -OCH3 is 1. The predicted molar refractivity (Wildman–Crippen MR) is 89.1 cm³/mol. The number of carbonyl (C=O) groups excluding carboxylic acids is 1. The molecule has 0 unspecified atom stereocenters. The van der Waals surface area contributed by atoms with Gasteiger partial charge < -0.3 is 19.5 Å². The second-order valence-electron chi connectivity index (χ2n) is 4.74. The number of nitrogens with one attached hydrogen (secondary N) is 1. The van der Waals surface area contributed by atoms with Crippen LogP contribution in [0, 0.1) is 10.1 Å². The van der Waals surface area contributed by atoms with Crippen molar-refractivity contribution in [2.45, 2.75) is 6.92 Å². The van der Waals surface area contributed by atoms with E-state index in [1.165, 1.54) is 19.2 Å². The van der Waals surface area contributed by atoms with Crippen LogP contribution in [0.3, 0.4) is 0 Å². The lowest BCUT2D eigenvalue weighted by Crippen LogP contribution is -2.16. The van der Waals surface area contributed by atoms with Crippen LogP contribution in [0.4, 0.5) is 11.4 Å². The van der Waals surface area contributed by atoms with E-state index in [1.807, 2.05) is 0 Å². The van der Waals surface area contributed by atoms with Crippen LogP contribution in [0.5, 0.6) is 17.4 Å². The van der Waals surface area contributed by atoms with Gasteiger partial charge in [0.05, 0.1) is 18.6 Å². The van der Waals surface area contributed by atoms with Gasteiger partial charge in [0.1, 0.15) is 12.7 Å². The first-order chi connectivity index (χ1) is 12.0. The minimum atomic E-state index is -0.540. The van der Waals surface area contributed by atoms with Crippen LogP contribution in [-0.2, 0) is 9.53 Å². The first-order valence-corrected chi connectivity index (χ1v) is 7.39. The third kappa shape index (κ3) is 5.06. The summed E-state index contributed by atoms with van der Waals surface area (Å²) in [6, 6.07) is 7.67. The van der Waals surface area contributed by atoms with E-state index in [4.69, 9.17) is 14.2 Å². The number of nitrogens with zero attached hydrogens (tertiary/aromatic N) is 2. The molecule has 0 bridgehead atoms. The molecular formula is C16H17N3O6. The minimum absolute atomic E-state index is 0.0289. The molecule has 1 heterocycles. The van der Waals surface area contributed by atoms with Crippen molar-refractivity contribution in [1.29, 1.82) is 0 Å². The van der Waals surface area contributed by atoms with Gasteiger partial charge in [0.2, 0.25) is 5.88 Å². The molecule has 9 heteroatoms. The fourth-order valence-electron chi connectivity index (χ4n) is 1.90.